The molecule has 0 spiro atoms. The second-order valence-electron chi connectivity index (χ2n) is 8.22. The predicted octanol–water partition coefficient (Wildman–Crippen LogP) is 3.58. The largest absolute Gasteiger partial charge is 0.496 e. The van der Waals surface area contributed by atoms with Gasteiger partial charge in [-0.2, -0.15) is 0 Å². The maximum absolute atomic E-state index is 14.1. The Hall–Kier alpha value is -4.08. The first-order valence-corrected chi connectivity index (χ1v) is 11.2. The molecule has 35 heavy (non-hydrogen) atoms. The minimum atomic E-state index is -0.576. The molecular weight excluding hydrogens is 453 g/mol. The molecule has 1 saturated heterocycles. The van der Waals surface area contributed by atoms with Gasteiger partial charge in [0.25, 0.3) is 5.91 Å². The van der Waals surface area contributed by atoms with Crippen molar-refractivity contribution in [1.82, 2.24) is 19.9 Å². The Morgan fingerprint density at radius 2 is 1.86 bits per heavy atom. The number of nitrogens with one attached hydrogen (secondary N) is 1. The number of nitrogens with zero attached hydrogens (tertiary/aromatic N) is 4. The van der Waals surface area contributed by atoms with Crippen molar-refractivity contribution in [2.24, 2.45) is 0 Å². The standard InChI is InChI=1S/C25H26FN5O4/c1-15-5-7-17(30-23-21(25(33)35-3)20(34-2)9-12-29-23)14-31(15)24(32)18-8-6-16(26)13-19(18)22-27-10-4-11-28-22/h4,6,8-13,15,17H,5,7,14H2,1-3H3,(H,29,30)/t15-,17-/m1/s1. The molecule has 0 aliphatic carbocycles. The molecule has 1 aliphatic heterocycles. The first-order valence-electron chi connectivity index (χ1n) is 11.2. The average molecular weight is 480 g/mol. The fourth-order valence-corrected chi connectivity index (χ4v) is 4.20. The third-order valence-corrected chi connectivity index (χ3v) is 6.02. The maximum atomic E-state index is 14.1. The number of benzene rings is 1. The number of likely N-dealkylation sites (tertiary alicyclic amines) is 1. The van der Waals surface area contributed by atoms with Crippen molar-refractivity contribution >= 4 is 17.7 Å². The Kier molecular flexibility index (Phi) is 7.19. The topological polar surface area (TPSA) is 107 Å². The van der Waals surface area contributed by atoms with Crippen LogP contribution in [-0.4, -0.2) is 64.6 Å². The van der Waals surface area contributed by atoms with Crippen LogP contribution in [0.25, 0.3) is 11.4 Å². The predicted molar refractivity (Wildman–Crippen MR) is 127 cm³/mol. The molecule has 0 radical (unpaired) electrons. The van der Waals surface area contributed by atoms with Gasteiger partial charge < -0.3 is 19.7 Å². The zero-order valence-electron chi connectivity index (χ0n) is 19.7. The fraction of sp³-hybridized carbons (Fsp3) is 0.320. The Morgan fingerprint density at radius 1 is 1.09 bits per heavy atom. The number of hydrogen-bond donors (Lipinski definition) is 1. The van der Waals surface area contributed by atoms with Crippen LogP contribution in [0.5, 0.6) is 5.75 Å². The lowest BCUT2D eigenvalue weighted by Gasteiger charge is -2.39. The van der Waals surface area contributed by atoms with E-state index < -0.39 is 11.8 Å². The molecule has 1 aromatic carbocycles. The van der Waals surface area contributed by atoms with E-state index in [-0.39, 0.29) is 29.4 Å². The van der Waals surface area contributed by atoms with Crippen molar-refractivity contribution in [3.63, 3.8) is 0 Å². The second-order valence-corrected chi connectivity index (χ2v) is 8.22. The van der Waals surface area contributed by atoms with E-state index in [1.54, 1.807) is 29.4 Å². The number of rotatable bonds is 6. The van der Waals surface area contributed by atoms with Crippen LogP contribution in [0.15, 0.2) is 48.9 Å². The second kappa shape index (κ2) is 10.5. The van der Waals surface area contributed by atoms with Crippen molar-refractivity contribution in [1.29, 1.82) is 0 Å². The smallest absolute Gasteiger partial charge is 0.345 e. The van der Waals surface area contributed by atoms with Gasteiger partial charge in [0.15, 0.2) is 5.82 Å². The molecule has 10 heteroatoms. The monoisotopic (exact) mass is 479 g/mol. The first kappa shape index (κ1) is 24.1. The summed E-state index contributed by atoms with van der Waals surface area (Å²) < 4.78 is 24.3. The number of hydrogen-bond acceptors (Lipinski definition) is 8. The quantitative estimate of drug-likeness (QED) is 0.535. The molecular formula is C25H26FN5O4. The molecule has 2 atom stereocenters. The molecule has 0 saturated carbocycles. The number of methoxy groups -OCH3 is 2. The summed E-state index contributed by atoms with van der Waals surface area (Å²) in [5.74, 6) is -0.368. The lowest BCUT2D eigenvalue weighted by molar-refractivity contribution is 0.0591. The minimum absolute atomic E-state index is 0.0477. The van der Waals surface area contributed by atoms with E-state index in [4.69, 9.17) is 9.47 Å². The van der Waals surface area contributed by atoms with Gasteiger partial charge in [0.2, 0.25) is 0 Å². The number of esters is 1. The average Bonchev–Trinajstić information content (AvgIpc) is 2.89. The van der Waals surface area contributed by atoms with Crippen LogP contribution in [0, 0.1) is 5.82 Å². The number of anilines is 1. The van der Waals surface area contributed by atoms with Crippen LogP contribution in [0.2, 0.25) is 0 Å². The summed E-state index contributed by atoms with van der Waals surface area (Å²) in [5.41, 5.74) is 0.844. The maximum Gasteiger partial charge on any atom is 0.345 e. The lowest BCUT2D eigenvalue weighted by Crippen LogP contribution is -2.50. The summed E-state index contributed by atoms with van der Waals surface area (Å²) in [5, 5.41) is 3.28. The molecule has 1 amide bonds. The number of piperidine rings is 1. The Bertz CT molecular complexity index is 1220. The van der Waals surface area contributed by atoms with Crippen molar-refractivity contribution < 1.29 is 23.5 Å². The highest BCUT2D eigenvalue weighted by Crippen LogP contribution is 2.29. The molecule has 3 heterocycles. The molecule has 182 valence electrons. The van der Waals surface area contributed by atoms with E-state index in [1.165, 1.54) is 38.6 Å². The van der Waals surface area contributed by atoms with Crippen molar-refractivity contribution in [3.8, 4) is 17.1 Å². The number of carbonyl (C=O) groups is 2. The van der Waals surface area contributed by atoms with E-state index in [9.17, 15) is 14.0 Å². The number of amides is 1. The Balaban J connectivity index is 1.61. The molecule has 1 fully saturated rings. The third kappa shape index (κ3) is 5.06. The van der Waals surface area contributed by atoms with Gasteiger partial charge in [-0.05, 0) is 50.1 Å². The van der Waals surface area contributed by atoms with Gasteiger partial charge in [-0.3, -0.25) is 4.79 Å². The van der Waals surface area contributed by atoms with Crippen LogP contribution in [-0.2, 0) is 4.74 Å². The van der Waals surface area contributed by atoms with E-state index in [2.05, 4.69) is 20.3 Å². The van der Waals surface area contributed by atoms with Crippen LogP contribution in [0.3, 0.4) is 0 Å². The zero-order chi connectivity index (χ0) is 24.9. The third-order valence-electron chi connectivity index (χ3n) is 6.02. The summed E-state index contributed by atoms with van der Waals surface area (Å²) in [6, 6.07) is 7.00. The van der Waals surface area contributed by atoms with Gasteiger partial charge in [0.05, 0.1) is 19.8 Å². The Labute approximate surface area is 202 Å². The van der Waals surface area contributed by atoms with Crippen molar-refractivity contribution in [2.45, 2.75) is 31.8 Å². The molecule has 3 aromatic rings. The highest BCUT2D eigenvalue weighted by Gasteiger charge is 2.32. The number of halogens is 1. The number of ether oxygens (including phenoxy) is 2. The van der Waals surface area contributed by atoms with Crippen molar-refractivity contribution in [2.75, 3.05) is 26.1 Å². The van der Waals surface area contributed by atoms with Crippen LogP contribution >= 0.6 is 0 Å². The molecule has 0 unspecified atom stereocenters. The zero-order valence-corrected chi connectivity index (χ0v) is 19.7. The van der Waals surface area contributed by atoms with Crippen LogP contribution in [0.4, 0.5) is 10.2 Å². The fourth-order valence-electron chi connectivity index (χ4n) is 4.20. The molecule has 1 aliphatic rings. The van der Waals surface area contributed by atoms with Crippen LogP contribution < -0.4 is 10.1 Å². The van der Waals surface area contributed by atoms with E-state index in [0.717, 1.165) is 12.8 Å². The van der Waals surface area contributed by atoms with E-state index in [1.807, 2.05) is 6.92 Å². The van der Waals surface area contributed by atoms with Gasteiger partial charge in [-0.1, -0.05) is 0 Å². The highest BCUT2D eigenvalue weighted by molar-refractivity contribution is 6.00. The molecule has 9 nitrogen and oxygen atoms in total. The van der Waals surface area contributed by atoms with Gasteiger partial charge in [0.1, 0.15) is 22.9 Å². The molecule has 4 rings (SSSR count). The van der Waals surface area contributed by atoms with Crippen molar-refractivity contribution in [3.05, 3.63) is 65.9 Å². The molecule has 2 aromatic heterocycles. The van der Waals surface area contributed by atoms with Gasteiger partial charge in [-0.25, -0.2) is 24.1 Å². The molecule has 1 N–H and O–H groups in total. The van der Waals surface area contributed by atoms with E-state index in [0.29, 0.717) is 29.2 Å². The molecule has 0 bridgehead atoms. The normalized spacial score (nSPS) is 17.5. The van der Waals surface area contributed by atoms with Gasteiger partial charge in [0, 0.05) is 42.8 Å². The lowest BCUT2D eigenvalue weighted by atomic mass is 9.96. The number of aromatic nitrogens is 3. The summed E-state index contributed by atoms with van der Waals surface area (Å²) in [7, 11) is 2.75. The first-order chi connectivity index (χ1) is 16.9. The SMILES string of the molecule is COC(=O)c1c(OC)ccnc1N[C@@H]1CC[C@@H](C)N(C(=O)c2ccc(F)cc2-c2ncccn2)C1. The number of pyridine rings is 1. The summed E-state index contributed by atoms with van der Waals surface area (Å²) >= 11 is 0. The minimum Gasteiger partial charge on any atom is -0.496 e. The Morgan fingerprint density at radius 3 is 2.57 bits per heavy atom. The highest BCUT2D eigenvalue weighted by atomic mass is 19.1. The summed E-state index contributed by atoms with van der Waals surface area (Å²) in [6.45, 7) is 2.33. The van der Waals surface area contributed by atoms with Gasteiger partial charge in [-0.15, -0.1) is 0 Å². The summed E-state index contributed by atoms with van der Waals surface area (Å²) in [4.78, 5) is 40.5. The van der Waals surface area contributed by atoms with Gasteiger partial charge >= 0.3 is 5.97 Å². The summed E-state index contributed by atoms with van der Waals surface area (Å²) in [6.07, 6.45) is 6.10. The van der Waals surface area contributed by atoms with E-state index >= 15 is 0 Å². The van der Waals surface area contributed by atoms with Crippen LogP contribution in [0.1, 0.15) is 40.5 Å². The number of carbonyl (C=O) groups excluding carboxylic acids is 2.